The van der Waals surface area contributed by atoms with E-state index >= 15 is 0 Å². The van der Waals surface area contributed by atoms with Gasteiger partial charge in [0.25, 0.3) is 0 Å². The monoisotopic (exact) mass is 370 g/mol. The minimum absolute atomic E-state index is 0.159. The van der Waals surface area contributed by atoms with Crippen molar-refractivity contribution in [3.63, 3.8) is 0 Å². The molecule has 0 bridgehead atoms. The number of hydrogen-bond donors (Lipinski definition) is 1. The number of carbonyl (C=O) groups is 1. The molecule has 1 aromatic rings. The Kier molecular flexibility index (Phi) is 6.75. The molecule has 2 aliphatic rings. The normalized spacial score (nSPS) is 19.3. The van der Waals surface area contributed by atoms with Crippen molar-refractivity contribution in [3.05, 3.63) is 35.9 Å². The average Bonchev–Trinajstić information content (AvgIpc) is 3.09. The van der Waals surface area contributed by atoms with Gasteiger partial charge in [-0.1, -0.05) is 49.6 Å². The zero-order valence-electron chi connectivity index (χ0n) is 16.9. The molecular formula is C22H34N4O. The Balaban J connectivity index is 1.42. The molecule has 0 unspecified atom stereocenters. The van der Waals surface area contributed by atoms with E-state index in [1.807, 2.05) is 32.3 Å². The van der Waals surface area contributed by atoms with Crippen molar-refractivity contribution in [3.8, 4) is 0 Å². The fraction of sp³-hybridized carbons (Fsp3) is 0.636. The molecule has 0 atom stereocenters. The first-order valence-electron chi connectivity index (χ1n) is 10.4. The molecule has 1 heterocycles. The van der Waals surface area contributed by atoms with Gasteiger partial charge in [-0.2, -0.15) is 0 Å². The zero-order chi connectivity index (χ0) is 19.1. The third kappa shape index (κ3) is 5.24. The lowest BCUT2D eigenvalue weighted by Crippen LogP contribution is -2.42. The second-order valence-electron chi connectivity index (χ2n) is 8.19. The molecule has 3 rings (SSSR count). The van der Waals surface area contributed by atoms with Gasteiger partial charge >= 0.3 is 0 Å². The van der Waals surface area contributed by atoms with Gasteiger partial charge in [0.2, 0.25) is 5.91 Å². The van der Waals surface area contributed by atoms with Crippen LogP contribution in [0.1, 0.15) is 50.5 Å². The first-order valence-corrected chi connectivity index (χ1v) is 10.4. The number of aliphatic imine (C=N–C) groups is 1. The highest BCUT2D eigenvalue weighted by Gasteiger charge is 2.39. The summed E-state index contributed by atoms with van der Waals surface area (Å²) in [6, 6.07) is 10.1. The number of benzene rings is 1. The van der Waals surface area contributed by atoms with Crippen LogP contribution in [0.4, 0.5) is 0 Å². The van der Waals surface area contributed by atoms with E-state index in [9.17, 15) is 4.79 Å². The largest absolute Gasteiger partial charge is 0.356 e. The summed E-state index contributed by atoms with van der Waals surface area (Å²) in [5, 5.41) is 3.41. The molecule has 1 spiro atoms. The second kappa shape index (κ2) is 9.25. The Bertz CT molecular complexity index is 637. The number of amides is 1. The second-order valence-corrected chi connectivity index (χ2v) is 8.19. The Morgan fingerprint density at radius 3 is 2.63 bits per heavy atom. The lowest BCUT2D eigenvalue weighted by molar-refractivity contribution is -0.130. The van der Waals surface area contributed by atoms with E-state index in [4.69, 9.17) is 0 Å². The van der Waals surface area contributed by atoms with E-state index < -0.39 is 0 Å². The standard InChI is InChI=1S/C22H34N4O/c1-23-21(26-16-14-22(18-26)12-7-4-8-13-22)24-15-11-20(27)25(2)17-19-9-5-3-6-10-19/h3,5-6,9-10H,4,7-8,11-18H2,1-2H3,(H,23,24). The molecule has 148 valence electrons. The number of likely N-dealkylation sites (tertiary alicyclic amines) is 1. The van der Waals surface area contributed by atoms with Gasteiger partial charge in [-0.05, 0) is 30.2 Å². The van der Waals surface area contributed by atoms with E-state index in [0.29, 0.717) is 24.9 Å². The van der Waals surface area contributed by atoms with E-state index in [2.05, 4.69) is 27.3 Å². The number of guanidine groups is 1. The van der Waals surface area contributed by atoms with Crippen LogP contribution < -0.4 is 5.32 Å². The summed E-state index contributed by atoms with van der Waals surface area (Å²) in [5.41, 5.74) is 1.67. The summed E-state index contributed by atoms with van der Waals surface area (Å²) in [6.45, 7) is 3.49. The van der Waals surface area contributed by atoms with Crippen molar-refractivity contribution in [1.29, 1.82) is 0 Å². The Morgan fingerprint density at radius 1 is 1.19 bits per heavy atom. The van der Waals surface area contributed by atoms with Crippen LogP contribution in [0.5, 0.6) is 0 Å². The van der Waals surface area contributed by atoms with Crippen LogP contribution in [-0.4, -0.2) is 55.4 Å². The first kappa shape index (κ1) is 19.7. The summed E-state index contributed by atoms with van der Waals surface area (Å²) in [6.07, 6.45) is 8.65. The number of nitrogens with zero attached hydrogens (tertiary/aromatic N) is 3. The maximum absolute atomic E-state index is 12.4. The third-order valence-corrected chi connectivity index (χ3v) is 6.17. The molecule has 0 aromatic heterocycles. The minimum Gasteiger partial charge on any atom is -0.356 e. The molecule has 1 saturated carbocycles. The van der Waals surface area contributed by atoms with E-state index in [-0.39, 0.29) is 5.91 Å². The van der Waals surface area contributed by atoms with Gasteiger partial charge in [-0.15, -0.1) is 0 Å². The summed E-state index contributed by atoms with van der Waals surface area (Å²) in [5.74, 6) is 1.11. The molecule has 27 heavy (non-hydrogen) atoms. The highest BCUT2D eigenvalue weighted by Crippen LogP contribution is 2.43. The molecule has 1 saturated heterocycles. The lowest BCUT2D eigenvalue weighted by atomic mass is 9.73. The topological polar surface area (TPSA) is 47.9 Å². The highest BCUT2D eigenvalue weighted by molar-refractivity contribution is 5.81. The third-order valence-electron chi connectivity index (χ3n) is 6.17. The van der Waals surface area contributed by atoms with Crippen molar-refractivity contribution in [2.75, 3.05) is 33.7 Å². The summed E-state index contributed by atoms with van der Waals surface area (Å²) < 4.78 is 0. The molecule has 2 fully saturated rings. The molecule has 1 aliphatic heterocycles. The van der Waals surface area contributed by atoms with Gasteiger partial charge in [0.05, 0.1) is 0 Å². The molecule has 1 aliphatic carbocycles. The fourth-order valence-corrected chi connectivity index (χ4v) is 4.58. The van der Waals surface area contributed by atoms with Crippen molar-refractivity contribution < 1.29 is 4.79 Å². The van der Waals surface area contributed by atoms with Crippen LogP contribution in [0.2, 0.25) is 0 Å². The minimum atomic E-state index is 0.159. The number of carbonyl (C=O) groups excluding carboxylic acids is 1. The maximum Gasteiger partial charge on any atom is 0.224 e. The number of nitrogens with one attached hydrogen (secondary N) is 1. The molecule has 5 nitrogen and oxygen atoms in total. The van der Waals surface area contributed by atoms with Gasteiger partial charge in [0.1, 0.15) is 0 Å². The smallest absolute Gasteiger partial charge is 0.224 e. The average molecular weight is 371 g/mol. The van der Waals surface area contributed by atoms with Crippen LogP contribution in [0.25, 0.3) is 0 Å². The van der Waals surface area contributed by atoms with E-state index in [0.717, 1.165) is 24.6 Å². The summed E-state index contributed by atoms with van der Waals surface area (Å²) in [7, 11) is 3.72. The summed E-state index contributed by atoms with van der Waals surface area (Å²) in [4.78, 5) is 21.1. The molecular weight excluding hydrogens is 336 g/mol. The molecule has 0 radical (unpaired) electrons. The number of hydrogen-bond acceptors (Lipinski definition) is 2. The van der Waals surface area contributed by atoms with E-state index in [1.165, 1.54) is 38.5 Å². The lowest BCUT2D eigenvalue weighted by Gasteiger charge is -2.33. The van der Waals surface area contributed by atoms with Crippen molar-refractivity contribution in [2.45, 2.75) is 51.5 Å². The molecule has 1 N–H and O–H groups in total. The predicted molar refractivity (Wildman–Crippen MR) is 111 cm³/mol. The Morgan fingerprint density at radius 2 is 1.93 bits per heavy atom. The van der Waals surface area contributed by atoms with Crippen LogP contribution in [-0.2, 0) is 11.3 Å². The van der Waals surface area contributed by atoms with Gasteiger partial charge in [0.15, 0.2) is 5.96 Å². The van der Waals surface area contributed by atoms with E-state index in [1.54, 1.807) is 4.90 Å². The maximum atomic E-state index is 12.4. The predicted octanol–water partition coefficient (Wildman–Crippen LogP) is 3.27. The SMILES string of the molecule is CN=C(NCCC(=O)N(C)Cc1ccccc1)N1CCC2(CCCCC2)C1. The Labute approximate surface area is 163 Å². The van der Waals surface area contributed by atoms with Gasteiger partial charge in [-0.3, -0.25) is 9.79 Å². The quantitative estimate of drug-likeness (QED) is 0.639. The molecule has 1 amide bonds. The fourth-order valence-electron chi connectivity index (χ4n) is 4.58. The zero-order valence-corrected chi connectivity index (χ0v) is 16.9. The molecule has 5 heteroatoms. The highest BCUT2D eigenvalue weighted by atomic mass is 16.2. The van der Waals surface area contributed by atoms with Crippen LogP contribution in [0.3, 0.4) is 0 Å². The molecule has 1 aromatic carbocycles. The van der Waals surface area contributed by atoms with Crippen molar-refractivity contribution >= 4 is 11.9 Å². The van der Waals surface area contributed by atoms with Gasteiger partial charge < -0.3 is 15.1 Å². The van der Waals surface area contributed by atoms with Crippen LogP contribution >= 0.6 is 0 Å². The van der Waals surface area contributed by atoms with Crippen LogP contribution in [0, 0.1) is 5.41 Å². The first-order chi connectivity index (χ1) is 13.1. The van der Waals surface area contributed by atoms with Crippen LogP contribution in [0.15, 0.2) is 35.3 Å². The van der Waals surface area contributed by atoms with Gasteiger partial charge in [0, 0.05) is 46.7 Å². The van der Waals surface area contributed by atoms with Crippen molar-refractivity contribution in [1.82, 2.24) is 15.1 Å². The van der Waals surface area contributed by atoms with Crippen molar-refractivity contribution in [2.24, 2.45) is 10.4 Å². The Hall–Kier alpha value is -2.04. The van der Waals surface area contributed by atoms with Gasteiger partial charge in [-0.25, -0.2) is 0 Å². The number of rotatable bonds is 5. The summed E-state index contributed by atoms with van der Waals surface area (Å²) >= 11 is 0.